The zero-order valence-electron chi connectivity index (χ0n) is 12.8. The minimum atomic E-state index is -3.85. The summed E-state index contributed by atoms with van der Waals surface area (Å²) in [6.07, 6.45) is 1.54. The first kappa shape index (κ1) is 19.1. The zero-order chi connectivity index (χ0) is 17.9. The van der Waals surface area contributed by atoms with Gasteiger partial charge in [0, 0.05) is 18.1 Å². The molecule has 1 heterocycles. The summed E-state index contributed by atoms with van der Waals surface area (Å²) in [5, 5.41) is 4.63. The number of nitrogens with zero attached hydrogens (tertiary/aromatic N) is 1. The molecule has 0 atom stereocenters. The van der Waals surface area contributed by atoms with E-state index in [0.717, 1.165) is 6.07 Å². The molecule has 1 aromatic heterocycles. The third kappa shape index (κ3) is 4.67. The number of thiazole rings is 1. The van der Waals surface area contributed by atoms with E-state index in [9.17, 15) is 13.2 Å². The number of anilines is 1. The van der Waals surface area contributed by atoms with Crippen LogP contribution in [0.5, 0.6) is 0 Å². The van der Waals surface area contributed by atoms with Gasteiger partial charge in [0.05, 0.1) is 15.6 Å². The molecule has 130 valence electrons. The lowest BCUT2D eigenvalue weighted by atomic mass is 10.2. The second kappa shape index (κ2) is 7.79. The fourth-order valence-corrected chi connectivity index (χ4v) is 4.31. The number of hydrogen-bond donors (Lipinski definition) is 2. The molecule has 1 amide bonds. The third-order valence-electron chi connectivity index (χ3n) is 2.89. The smallest absolute Gasteiger partial charge is 0.259 e. The SMILES string of the molecule is CC(C)CNS(=O)(=O)c1cc(C(=O)Nc2nccs2)c(Cl)cc1Cl. The van der Waals surface area contributed by atoms with Crippen molar-refractivity contribution in [3.05, 3.63) is 39.3 Å². The van der Waals surface area contributed by atoms with Crippen LogP contribution in [0.25, 0.3) is 0 Å². The van der Waals surface area contributed by atoms with Crippen molar-refractivity contribution >= 4 is 55.6 Å². The summed E-state index contributed by atoms with van der Waals surface area (Å²) < 4.78 is 27.2. The van der Waals surface area contributed by atoms with E-state index in [1.165, 1.54) is 23.6 Å². The monoisotopic (exact) mass is 407 g/mol. The van der Waals surface area contributed by atoms with Gasteiger partial charge in [-0.2, -0.15) is 0 Å². The molecule has 0 aliphatic heterocycles. The Labute approximate surface area is 154 Å². The average Bonchev–Trinajstić information content (AvgIpc) is 2.97. The number of nitrogens with one attached hydrogen (secondary N) is 2. The summed E-state index contributed by atoms with van der Waals surface area (Å²) in [5.41, 5.74) is 0.00110. The van der Waals surface area contributed by atoms with Gasteiger partial charge in [0.25, 0.3) is 5.91 Å². The van der Waals surface area contributed by atoms with Crippen LogP contribution in [-0.2, 0) is 10.0 Å². The van der Waals surface area contributed by atoms with Crippen LogP contribution < -0.4 is 10.0 Å². The van der Waals surface area contributed by atoms with Gasteiger partial charge in [-0.1, -0.05) is 37.0 Å². The molecule has 2 rings (SSSR count). The van der Waals surface area contributed by atoms with Crippen LogP contribution >= 0.6 is 34.5 Å². The number of benzene rings is 1. The topological polar surface area (TPSA) is 88.2 Å². The molecule has 0 aliphatic carbocycles. The van der Waals surface area contributed by atoms with Crippen molar-refractivity contribution < 1.29 is 13.2 Å². The van der Waals surface area contributed by atoms with Gasteiger partial charge in [0.1, 0.15) is 4.90 Å². The molecule has 0 saturated carbocycles. The second-order valence-electron chi connectivity index (χ2n) is 5.30. The van der Waals surface area contributed by atoms with Crippen LogP contribution in [0.1, 0.15) is 24.2 Å². The summed E-state index contributed by atoms with van der Waals surface area (Å²) in [6.45, 7) is 4.00. The van der Waals surface area contributed by atoms with Gasteiger partial charge in [0.2, 0.25) is 10.0 Å². The van der Waals surface area contributed by atoms with E-state index in [-0.39, 0.29) is 33.0 Å². The number of amides is 1. The van der Waals surface area contributed by atoms with Crippen LogP contribution in [0.3, 0.4) is 0 Å². The normalized spacial score (nSPS) is 11.7. The molecule has 0 aliphatic rings. The van der Waals surface area contributed by atoms with Crippen LogP contribution in [0.15, 0.2) is 28.6 Å². The van der Waals surface area contributed by atoms with Gasteiger partial charge in [-0.25, -0.2) is 18.1 Å². The maximum absolute atomic E-state index is 12.4. The number of carbonyl (C=O) groups is 1. The van der Waals surface area contributed by atoms with Crippen LogP contribution in [0.2, 0.25) is 10.0 Å². The fraction of sp³-hybridized carbons (Fsp3) is 0.286. The molecule has 0 radical (unpaired) electrons. The second-order valence-corrected chi connectivity index (χ2v) is 8.74. The Kier molecular flexibility index (Phi) is 6.22. The summed E-state index contributed by atoms with van der Waals surface area (Å²) in [4.78, 5) is 16.0. The number of hydrogen-bond acceptors (Lipinski definition) is 5. The van der Waals surface area contributed by atoms with Gasteiger partial charge >= 0.3 is 0 Å². The van der Waals surface area contributed by atoms with E-state index in [1.807, 2.05) is 13.8 Å². The Morgan fingerprint density at radius 1 is 1.29 bits per heavy atom. The Balaban J connectivity index is 2.35. The quantitative estimate of drug-likeness (QED) is 0.764. The van der Waals surface area contributed by atoms with E-state index in [2.05, 4.69) is 15.0 Å². The number of sulfonamides is 1. The van der Waals surface area contributed by atoms with Crippen molar-refractivity contribution in [2.75, 3.05) is 11.9 Å². The van der Waals surface area contributed by atoms with E-state index < -0.39 is 15.9 Å². The molecule has 0 bridgehead atoms. The molecule has 0 saturated heterocycles. The van der Waals surface area contributed by atoms with Crippen molar-refractivity contribution in [3.63, 3.8) is 0 Å². The van der Waals surface area contributed by atoms with Gasteiger partial charge in [-0.3, -0.25) is 10.1 Å². The van der Waals surface area contributed by atoms with Crippen molar-refractivity contribution in [2.45, 2.75) is 18.7 Å². The number of aromatic nitrogens is 1. The summed E-state index contributed by atoms with van der Waals surface area (Å²) in [5.74, 6) is -0.439. The lowest BCUT2D eigenvalue weighted by molar-refractivity contribution is 0.102. The van der Waals surface area contributed by atoms with E-state index in [1.54, 1.807) is 5.38 Å². The largest absolute Gasteiger partial charge is 0.298 e. The summed E-state index contributed by atoms with van der Waals surface area (Å²) >= 11 is 13.3. The van der Waals surface area contributed by atoms with Crippen LogP contribution in [-0.4, -0.2) is 25.9 Å². The Bertz CT molecular complexity index is 837. The van der Waals surface area contributed by atoms with Gasteiger partial charge in [0.15, 0.2) is 5.13 Å². The van der Waals surface area contributed by atoms with Crippen molar-refractivity contribution in [2.24, 2.45) is 5.92 Å². The van der Waals surface area contributed by atoms with E-state index in [4.69, 9.17) is 23.2 Å². The Hall–Kier alpha value is -1.19. The maximum Gasteiger partial charge on any atom is 0.259 e. The predicted molar refractivity (Wildman–Crippen MR) is 96.6 cm³/mol. The Morgan fingerprint density at radius 3 is 2.58 bits per heavy atom. The highest BCUT2D eigenvalue weighted by Gasteiger charge is 2.23. The average molecular weight is 408 g/mol. The zero-order valence-corrected chi connectivity index (χ0v) is 16.0. The number of halogens is 2. The first-order chi connectivity index (χ1) is 11.2. The molecule has 0 spiro atoms. The minimum absolute atomic E-state index is 0.00110. The Morgan fingerprint density at radius 2 is 2.00 bits per heavy atom. The molecule has 2 N–H and O–H groups in total. The van der Waals surface area contributed by atoms with Crippen molar-refractivity contribution in [1.29, 1.82) is 0 Å². The molecule has 2 aromatic rings. The first-order valence-electron chi connectivity index (χ1n) is 6.90. The maximum atomic E-state index is 12.4. The highest BCUT2D eigenvalue weighted by atomic mass is 35.5. The highest BCUT2D eigenvalue weighted by molar-refractivity contribution is 7.89. The molecular weight excluding hydrogens is 393 g/mol. The molecule has 1 aromatic carbocycles. The van der Waals surface area contributed by atoms with Gasteiger partial charge in [-0.05, 0) is 18.1 Å². The van der Waals surface area contributed by atoms with Gasteiger partial charge < -0.3 is 0 Å². The molecule has 0 fully saturated rings. The summed E-state index contributed by atoms with van der Waals surface area (Å²) in [6, 6.07) is 2.40. The van der Waals surface area contributed by atoms with Crippen LogP contribution in [0.4, 0.5) is 5.13 Å². The number of carbonyl (C=O) groups excluding carboxylic acids is 1. The minimum Gasteiger partial charge on any atom is -0.298 e. The fourth-order valence-electron chi connectivity index (χ4n) is 1.71. The molecular formula is C14H15Cl2N3O3S2. The number of rotatable bonds is 6. The molecule has 24 heavy (non-hydrogen) atoms. The highest BCUT2D eigenvalue weighted by Crippen LogP contribution is 2.29. The summed E-state index contributed by atoms with van der Waals surface area (Å²) in [7, 11) is -3.85. The standard InChI is InChI=1S/C14H15Cl2N3O3S2/c1-8(2)7-18-24(21,22)12-5-9(10(15)6-11(12)16)13(20)19-14-17-3-4-23-14/h3-6,8,18H,7H2,1-2H3,(H,17,19,20). The van der Waals surface area contributed by atoms with E-state index >= 15 is 0 Å². The lowest BCUT2D eigenvalue weighted by Gasteiger charge is -2.12. The van der Waals surface area contributed by atoms with Crippen molar-refractivity contribution in [3.8, 4) is 0 Å². The molecule has 10 heteroatoms. The van der Waals surface area contributed by atoms with Crippen LogP contribution in [0, 0.1) is 5.92 Å². The molecule has 6 nitrogen and oxygen atoms in total. The van der Waals surface area contributed by atoms with E-state index in [0.29, 0.717) is 5.13 Å². The van der Waals surface area contributed by atoms with Crippen molar-refractivity contribution in [1.82, 2.24) is 9.71 Å². The van der Waals surface area contributed by atoms with Gasteiger partial charge in [-0.15, -0.1) is 11.3 Å². The third-order valence-corrected chi connectivity index (χ3v) is 5.78. The first-order valence-corrected chi connectivity index (χ1v) is 10.0. The predicted octanol–water partition coefficient (Wildman–Crippen LogP) is 3.64. The molecule has 0 unspecified atom stereocenters. The lowest BCUT2D eigenvalue weighted by Crippen LogP contribution is -2.28.